The Morgan fingerprint density at radius 2 is 2.12 bits per heavy atom. The van der Waals surface area contributed by atoms with Gasteiger partial charge in [-0.1, -0.05) is 11.1 Å². The molecule has 0 N–H and O–H groups in total. The Hall–Kier alpha value is -1.74. The molecule has 0 aliphatic carbocycles. The number of rotatable bonds is 2. The summed E-state index contributed by atoms with van der Waals surface area (Å²) in [6.45, 7) is 0.726. The first kappa shape index (κ1) is 10.8. The van der Waals surface area contributed by atoms with Crippen molar-refractivity contribution in [3.8, 4) is 11.8 Å². The van der Waals surface area contributed by atoms with Crippen LogP contribution in [0.2, 0.25) is 0 Å². The third kappa shape index (κ3) is 3.14. The number of hydrogen-bond acceptors (Lipinski definition) is 4. The van der Waals surface area contributed by atoms with E-state index in [0.29, 0.717) is 12.2 Å². The molecule has 0 unspecified atom stereocenters. The molecule has 2 aromatic heterocycles. The molecule has 0 saturated heterocycles. The SMILES string of the molecule is Brc1cnc(C#CCCn2ccnn2)nc1. The van der Waals surface area contributed by atoms with E-state index in [-0.39, 0.29) is 0 Å². The van der Waals surface area contributed by atoms with Gasteiger partial charge in [-0.15, -0.1) is 5.10 Å². The van der Waals surface area contributed by atoms with Crippen LogP contribution in [-0.2, 0) is 6.54 Å². The second-order valence-corrected chi connectivity index (χ2v) is 3.86. The first-order valence-electron chi connectivity index (χ1n) is 4.65. The summed E-state index contributed by atoms with van der Waals surface area (Å²) in [6, 6.07) is 0. The van der Waals surface area contributed by atoms with Crippen molar-refractivity contribution >= 4 is 15.9 Å². The van der Waals surface area contributed by atoms with Crippen LogP contribution in [-0.4, -0.2) is 25.0 Å². The molecule has 0 aromatic carbocycles. The van der Waals surface area contributed by atoms with E-state index in [1.807, 2.05) is 0 Å². The molecular formula is C10H8BrN5. The quantitative estimate of drug-likeness (QED) is 0.776. The van der Waals surface area contributed by atoms with Gasteiger partial charge in [-0.05, 0) is 21.9 Å². The summed E-state index contributed by atoms with van der Waals surface area (Å²) in [5.41, 5.74) is 0. The molecule has 0 aliphatic rings. The molecule has 2 rings (SSSR count). The summed E-state index contributed by atoms with van der Waals surface area (Å²) < 4.78 is 2.58. The van der Waals surface area contributed by atoms with E-state index >= 15 is 0 Å². The molecule has 0 bridgehead atoms. The molecule has 16 heavy (non-hydrogen) atoms. The molecule has 0 aliphatic heterocycles. The van der Waals surface area contributed by atoms with Gasteiger partial charge in [0.1, 0.15) is 0 Å². The largest absolute Gasteiger partial charge is 0.252 e. The minimum atomic E-state index is 0.529. The van der Waals surface area contributed by atoms with Gasteiger partial charge in [0.05, 0.1) is 17.2 Å². The predicted molar refractivity (Wildman–Crippen MR) is 61.2 cm³/mol. The van der Waals surface area contributed by atoms with E-state index in [1.54, 1.807) is 29.5 Å². The predicted octanol–water partition coefficient (Wildman–Crippen LogP) is 1.27. The molecular weight excluding hydrogens is 270 g/mol. The van der Waals surface area contributed by atoms with Crippen molar-refractivity contribution in [2.24, 2.45) is 0 Å². The molecule has 0 spiro atoms. The van der Waals surface area contributed by atoms with Gasteiger partial charge in [0, 0.05) is 25.0 Å². The van der Waals surface area contributed by atoms with Gasteiger partial charge < -0.3 is 0 Å². The van der Waals surface area contributed by atoms with Crippen LogP contribution in [0.3, 0.4) is 0 Å². The molecule has 80 valence electrons. The minimum absolute atomic E-state index is 0.529. The lowest BCUT2D eigenvalue weighted by molar-refractivity contribution is 0.601. The molecule has 0 radical (unpaired) electrons. The molecule has 2 aromatic rings. The van der Waals surface area contributed by atoms with Crippen molar-refractivity contribution in [2.75, 3.05) is 0 Å². The lowest BCUT2D eigenvalue weighted by Gasteiger charge is -1.92. The van der Waals surface area contributed by atoms with Crippen LogP contribution >= 0.6 is 15.9 Å². The van der Waals surface area contributed by atoms with Gasteiger partial charge >= 0.3 is 0 Å². The summed E-state index contributed by atoms with van der Waals surface area (Å²) in [5.74, 6) is 6.39. The fourth-order valence-electron chi connectivity index (χ4n) is 1.04. The summed E-state index contributed by atoms with van der Waals surface area (Å²) in [4.78, 5) is 8.09. The smallest absolute Gasteiger partial charge is 0.204 e. The van der Waals surface area contributed by atoms with E-state index in [9.17, 15) is 0 Å². The Morgan fingerprint density at radius 3 is 2.81 bits per heavy atom. The summed E-state index contributed by atoms with van der Waals surface area (Å²) in [6.07, 6.45) is 7.49. The van der Waals surface area contributed by atoms with Gasteiger partial charge in [0.2, 0.25) is 5.82 Å². The Bertz CT molecular complexity index is 494. The normalized spacial score (nSPS) is 9.56. The Morgan fingerprint density at radius 1 is 1.31 bits per heavy atom. The van der Waals surface area contributed by atoms with Crippen LogP contribution in [0.15, 0.2) is 29.3 Å². The van der Waals surface area contributed by atoms with E-state index in [2.05, 4.69) is 48.1 Å². The Balaban J connectivity index is 1.88. The van der Waals surface area contributed by atoms with Crippen LogP contribution < -0.4 is 0 Å². The average Bonchev–Trinajstić information content (AvgIpc) is 2.80. The van der Waals surface area contributed by atoms with Crippen LogP contribution in [0.1, 0.15) is 12.2 Å². The highest BCUT2D eigenvalue weighted by Gasteiger charge is 1.90. The van der Waals surface area contributed by atoms with Gasteiger partial charge in [-0.2, -0.15) is 0 Å². The molecule has 0 fully saturated rings. The van der Waals surface area contributed by atoms with E-state index < -0.39 is 0 Å². The number of aryl methyl sites for hydroxylation is 1. The Kier molecular flexibility index (Phi) is 3.62. The van der Waals surface area contributed by atoms with Gasteiger partial charge in [0.25, 0.3) is 0 Å². The van der Waals surface area contributed by atoms with Crippen molar-refractivity contribution in [3.63, 3.8) is 0 Å². The van der Waals surface area contributed by atoms with Crippen LogP contribution in [0.25, 0.3) is 0 Å². The molecule has 0 amide bonds. The second-order valence-electron chi connectivity index (χ2n) is 2.94. The number of aromatic nitrogens is 5. The van der Waals surface area contributed by atoms with Crippen molar-refractivity contribution in [3.05, 3.63) is 35.1 Å². The van der Waals surface area contributed by atoms with E-state index in [0.717, 1.165) is 11.0 Å². The van der Waals surface area contributed by atoms with Crippen LogP contribution in [0.4, 0.5) is 0 Å². The van der Waals surface area contributed by atoms with Crippen LogP contribution in [0.5, 0.6) is 0 Å². The van der Waals surface area contributed by atoms with Gasteiger partial charge in [-0.25, -0.2) is 9.97 Å². The zero-order valence-electron chi connectivity index (χ0n) is 8.34. The molecule has 0 saturated carbocycles. The standard InChI is InChI=1S/C10H8BrN5/c11-9-7-12-10(13-8-9)3-1-2-5-16-6-4-14-15-16/h4,6-8H,2,5H2. The van der Waals surface area contributed by atoms with E-state index in [4.69, 9.17) is 0 Å². The first-order valence-corrected chi connectivity index (χ1v) is 5.44. The van der Waals surface area contributed by atoms with Gasteiger partial charge in [-0.3, -0.25) is 4.68 Å². The molecule has 5 nitrogen and oxygen atoms in total. The number of nitrogens with zero attached hydrogens (tertiary/aromatic N) is 5. The maximum atomic E-state index is 4.05. The lowest BCUT2D eigenvalue weighted by atomic mass is 10.4. The summed E-state index contributed by atoms with van der Waals surface area (Å²) in [7, 11) is 0. The summed E-state index contributed by atoms with van der Waals surface area (Å²) >= 11 is 3.26. The second kappa shape index (κ2) is 5.37. The molecule has 2 heterocycles. The zero-order valence-corrected chi connectivity index (χ0v) is 9.92. The fourth-order valence-corrected chi connectivity index (χ4v) is 1.25. The average molecular weight is 278 g/mol. The topological polar surface area (TPSA) is 56.5 Å². The minimum Gasteiger partial charge on any atom is -0.252 e. The van der Waals surface area contributed by atoms with Crippen LogP contribution in [0, 0.1) is 11.8 Å². The monoisotopic (exact) mass is 277 g/mol. The van der Waals surface area contributed by atoms with Gasteiger partial charge in [0.15, 0.2) is 0 Å². The zero-order chi connectivity index (χ0) is 11.2. The first-order chi connectivity index (χ1) is 7.84. The lowest BCUT2D eigenvalue weighted by Crippen LogP contribution is -1.97. The highest BCUT2D eigenvalue weighted by molar-refractivity contribution is 9.10. The van der Waals surface area contributed by atoms with Crippen molar-refractivity contribution in [2.45, 2.75) is 13.0 Å². The fraction of sp³-hybridized carbons (Fsp3) is 0.200. The maximum absolute atomic E-state index is 4.05. The number of hydrogen-bond donors (Lipinski definition) is 0. The highest BCUT2D eigenvalue weighted by atomic mass is 79.9. The van der Waals surface area contributed by atoms with Crippen molar-refractivity contribution in [1.29, 1.82) is 0 Å². The summed E-state index contributed by atoms with van der Waals surface area (Å²) in [5, 5.41) is 7.54. The molecule has 0 atom stereocenters. The highest BCUT2D eigenvalue weighted by Crippen LogP contribution is 2.03. The van der Waals surface area contributed by atoms with Crippen molar-refractivity contribution in [1.82, 2.24) is 25.0 Å². The third-order valence-electron chi connectivity index (χ3n) is 1.76. The number of halogens is 1. The van der Waals surface area contributed by atoms with Crippen molar-refractivity contribution < 1.29 is 0 Å². The maximum Gasteiger partial charge on any atom is 0.204 e. The Labute approximate surface area is 101 Å². The molecule has 6 heteroatoms. The third-order valence-corrected chi connectivity index (χ3v) is 2.17. The van der Waals surface area contributed by atoms with E-state index in [1.165, 1.54) is 0 Å².